The first-order valence-electron chi connectivity index (χ1n) is 6.44. The van der Waals surface area contributed by atoms with Crippen LogP contribution in [0.15, 0.2) is 30.3 Å². The Morgan fingerprint density at radius 1 is 1.32 bits per heavy atom. The molecule has 0 spiro atoms. The quantitative estimate of drug-likeness (QED) is 0.912. The predicted molar refractivity (Wildman–Crippen MR) is 75.4 cm³/mol. The SMILES string of the molecule is CN(C)Cc1ccccc1C(=O)Nc1cc(C(F)(F)F)[nH]n1. The van der Waals surface area contributed by atoms with Crippen molar-refractivity contribution in [2.75, 3.05) is 19.4 Å². The molecule has 1 aromatic heterocycles. The maximum Gasteiger partial charge on any atom is 0.432 e. The van der Waals surface area contributed by atoms with Gasteiger partial charge in [0.25, 0.3) is 5.91 Å². The first-order valence-corrected chi connectivity index (χ1v) is 6.44. The molecule has 8 heteroatoms. The van der Waals surface area contributed by atoms with Gasteiger partial charge in [-0.05, 0) is 25.7 Å². The zero-order valence-electron chi connectivity index (χ0n) is 12.0. The van der Waals surface area contributed by atoms with Gasteiger partial charge in [0.2, 0.25) is 0 Å². The summed E-state index contributed by atoms with van der Waals surface area (Å²) < 4.78 is 37.4. The Morgan fingerprint density at radius 3 is 2.59 bits per heavy atom. The summed E-state index contributed by atoms with van der Waals surface area (Å²) in [7, 11) is 3.72. The molecule has 118 valence electrons. The summed E-state index contributed by atoms with van der Waals surface area (Å²) >= 11 is 0. The first kappa shape index (κ1) is 16.0. The first-order chi connectivity index (χ1) is 10.3. The molecule has 0 unspecified atom stereocenters. The van der Waals surface area contributed by atoms with Gasteiger partial charge >= 0.3 is 6.18 Å². The maximum absolute atomic E-state index is 12.5. The van der Waals surface area contributed by atoms with Crippen molar-refractivity contribution >= 4 is 11.7 Å². The number of benzene rings is 1. The average molecular weight is 312 g/mol. The Morgan fingerprint density at radius 2 is 2.00 bits per heavy atom. The molecule has 2 rings (SSSR count). The fraction of sp³-hybridized carbons (Fsp3) is 0.286. The minimum atomic E-state index is -4.53. The molecule has 0 aliphatic rings. The van der Waals surface area contributed by atoms with Crippen LogP contribution in [0, 0.1) is 0 Å². The zero-order chi connectivity index (χ0) is 16.3. The number of hydrogen-bond acceptors (Lipinski definition) is 3. The number of hydrogen-bond donors (Lipinski definition) is 2. The van der Waals surface area contributed by atoms with Gasteiger partial charge < -0.3 is 10.2 Å². The van der Waals surface area contributed by atoms with Crippen LogP contribution >= 0.6 is 0 Å². The molecule has 0 aliphatic heterocycles. The van der Waals surface area contributed by atoms with Gasteiger partial charge in [0, 0.05) is 18.2 Å². The monoisotopic (exact) mass is 312 g/mol. The lowest BCUT2D eigenvalue weighted by Crippen LogP contribution is -2.18. The Kier molecular flexibility index (Phi) is 4.51. The van der Waals surface area contributed by atoms with Crippen molar-refractivity contribution < 1.29 is 18.0 Å². The third-order valence-corrected chi connectivity index (χ3v) is 2.87. The lowest BCUT2D eigenvalue weighted by atomic mass is 10.1. The summed E-state index contributed by atoms with van der Waals surface area (Å²) in [5.41, 5.74) is 0.161. The van der Waals surface area contributed by atoms with Crippen molar-refractivity contribution in [2.45, 2.75) is 12.7 Å². The van der Waals surface area contributed by atoms with Crippen molar-refractivity contribution in [2.24, 2.45) is 0 Å². The third kappa shape index (κ3) is 3.85. The molecule has 1 amide bonds. The maximum atomic E-state index is 12.5. The topological polar surface area (TPSA) is 61.0 Å². The summed E-state index contributed by atoms with van der Waals surface area (Å²) in [5, 5.41) is 7.67. The summed E-state index contributed by atoms with van der Waals surface area (Å²) in [5.74, 6) is -0.672. The molecular formula is C14H15F3N4O. The van der Waals surface area contributed by atoms with Gasteiger partial charge in [0.15, 0.2) is 5.82 Å². The Bertz CT molecular complexity index is 664. The number of alkyl halides is 3. The van der Waals surface area contributed by atoms with Crippen LogP contribution in [0.1, 0.15) is 21.6 Å². The largest absolute Gasteiger partial charge is 0.432 e. The Balaban J connectivity index is 2.18. The molecular weight excluding hydrogens is 297 g/mol. The van der Waals surface area contributed by atoms with Gasteiger partial charge in [-0.3, -0.25) is 9.89 Å². The van der Waals surface area contributed by atoms with Crippen molar-refractivity contribution in [3.63, 3.8) is 0 Å². The van der Waals surface area contributed by atoms with E-state index in [-0.39, 0.29) is 5.82 Å². The molecule has 0 bridgehead atoms. The minimum Gasteiger partial charge on any atom is -0.305 e. The summed E-state index contributed by atoms with van der Waals surface area (Å²) in [6.07, 6.45) is -4.53. The predicted octanol–water partition coefficient (Wildman–Crippen LogP) is 2.74. The molecule has 0 atom stereocenters. The number of carbonyl (C=O) groups excluding carboxylic acids is 1. The molecule has 0 saturated heterocycles. The molecule has 1 aromatic carbocycles. The van der Waals surface area contributed by atoms with Crippen LogP contribution in [0.4, 0.5) is 19.0 Å². The fourth-order valence-corrected chi connectivity index (χ4v) is 1.94. The average Bonchev–Trinajstić information content (AvgIpc) is 2.87. The van der Waals surface area contributed by atoms with Crippen LogP contribution in [0.5, 0.6) is 0 Å². The minimum absolute atomic E-state index is 0.169. The smallest absolute Gasteiger partial charge is 0.305 e. The highest BCUT2D eigenvalue weighted by Crippen LogP contribution is 2.28. The number of aromatic nitrogens is 2. The lowest BCUT2D eigenvalue weighted by molar-refractivity contribution is -0.141. The molecule has 0 aliphatic carbocycles. The standard InChI is InChI=1S/C14H15F3N4O/c1-21(2)8-9-5-3-4-6-10(9)13(22)18-12-7-11(19-20-12)14(15,16)17/h3-7H,8H2,1-2H3,(H2,18,19,20,22). The molecule has 0 fully saturated rings. The van der Waals surface area contributed by atoms with Gasteiger partial charge in [0.1, 0.15) is 5.69 Å². The number of anilines is 1. The van der Waals surface area contributed by atoms with E-state index >= 15 is 0 Å². The van der Waals surface area contributed by atoms with Crippen molar-refractivity contribution in [3.8, 4) is 0 Å². The van der Waals surface area contributed by atoms with E-state index in [1.54, 1.807) is 24.3 Å². The van der Waals surface area contributed by atoms with Crippen LogP contribution in [-0.2, 0) is 12.7 Å². The number of amides is 1. The van der Waals surface area contributed by atoms with E-state index < -0.39 is 17.8 Å². The van der Waals surface area contributed by atoms with Crippen molar-refractivity contribution in [1.82, 2.24) is 15.1 Å². The second kappa shape index (κ2) is 6.18. The number of nitrogens with one attached hydrogen (secondary N) is 2. The van der Waals surface area contributed by atoms with E-state index in [0.717, 1.165) is 11.6 Å². The Hall–Kier alpha value is -2.35. The fourth-order valence-electron chi connectivity index (χ4n) is 1.94. The molecule has 22 heavy (non-hydrogen) atoms. The van der Waals surface area contributed by atoms with E-state index in [4.69, 9.17) is 0 Å². The van der Waals surface area contributed by atoms with Crippen molar-refractivity contribution in [1.29, 1.82) is 0 Å². The zero-order valence-corrected chi connectivity index (χ0v) is 12.0. The molecule has 5 nitrogen and oxygen atoms in total. The van der Waals surface area contributed by atoms with Crippen LogP contribution in [0.2, 0.25) is 0 Å². The molecule has 0 radical (unpaired) electrons. The van der Waals surface area contributed by atoms with Gasteiger partial charge in [-0.15, -0.1) is 0 Å². The summed E-state index contributed by atoms with van der Waals surface area (Å²) in [6, 6.07) is 7.66. The third-order valence-electron chi connectivity index (χ3n) is 2.87. The normalized spacial score (nSPS) is 11.7. The number of nitrogens with zero attached hydrogens (tertiary/aromatic N) is 2. The number of H-pyrrole nitrogens is 1. The van der Waals surface area contributed by atoms with Crippen LogP contribution < -0.4 is 5.32 Å². The number of carbonyl (C=O) groups is 1. The number of halogens is 3. The molecule has 2 aromatic rings. The van der Waals surface area contributed by atoms with Crippen LogP contribution in [0.25, 0.3) is 0 Å². The van der Waals surface area contributed by atoms with Crippen LogP contribution in [-0.4, -0.2) is 35.1 Å². The van der Waals surface area contributed by atoms with Gasteiger partial charge in [-0.1, -0.05) is 18.2 Å². The summed E-state index contributed by atoms with van der Waals surface area (Å²) in [4.78, 5) is 14.1. The van der Waals surface area contributed by atoms with Gasteiger partial charge in [-0.2, -0.15) is 18.3 Å². The van der Waals surface area contributed by atoms with E-state index in [1.807, 2.05) is 24.1 Å². The van der Waals surface area contributed by atoms with Crippen LogP contribution in [0.3, 0.4) is 0 Å². The highest BCUT2D eigenvalue weighted by Gasteiger charge is 2.33. The van der Waals surface area contributed by atoms with Gasteiger partial charge in [0.05, 0.1) is 0 Å². The second-order valence-electron chi connectivity index (χ2n) is 5.01. The number of aromatic amines is 1. The molecule has 1 heterocycles. The highest BCUT2D eigenvalue weighted by atomic mass is 19.4. The van der Waals surface area contributed by atoms with E-state index in [1.165, 1.54) is 0 Å². The molecule has 2 N–H and O–H groups in total. The van der Waals surface area contributed by atoms with E-state index in [0.29, 0.717) is 12.1 Å². The van der Waals surface area contributed by atoms with Gasteiger partial charge in [-0.25, -0.2) is 0 Å². The molecule has 0 saturated carbocycles. The highest BCUT2D eigenvalue weighted by molar-refractivity contribution is 6.04. The Labute approximate surface area is 125 Å². The van der Waals surface area contributed by atoms with E-state index in [9.17, 15) is 18.0 Å². The summed E-state index contributed by atoms with van der Waals surface area (Å²) in [6.45, 7) is 0.540. The number of rotatable bonds is 4. The van der Waals surface area contributed by atoms with Crippen molar-refractivity contribution in [3.05, 3.63) is 47.2 Å². The lowest BCUT2D eigenvalue weighted by Gasteiger charge is -2.13. The second-order valence-corrected chi connectivity index (χ2v) is 5.01. The van der Waals surface area contributed by atoms with E-state index in [2.05, 4.69) is 10.4 Å².